The number of anilines is 1. The van der Waals surface area contributed by atoms with Gasteiger partial charge in [0, 0.05) is 0 Å². The summed E-state index contributed by atoms with van der Waals surface area (Å²) in [6, 6.07) is 15.3. The summed E-state index contributed by atoms with van der Waals surface area (Å²) in [6.07, 6.45) is 2.53. The topological polar surface area (TPSA) is 63.7 Å². The lowest BCUT2D eigenvalue weighted by molar-refractivity contribution is -0.122. The molecule has 0 bridgehead atoms. The van der Waals surface area contributed by atoms with Crippen molar-refractivity contribution >= 4 is 23.5 Å². The number of imide groups is 1. The maximum atomic E-state index is 12.8. The minimum absolute atomic E-state index is 0.114. The zero-order chi connectivity index (χ0) is 19.0. The van der Waals surface area contributed by atoms with E-state index in [1.807, 2.05) is 6.07 Å². The number of fused-ring (bicyclic) bond motifs is 1. The first-order valence-electron chi connectivity index (χ1n) is 9.29. The second-order valence-corrected chi connectivity index (χ2v) is 7.39. The molecule has 1 aliphatic heterocycles. The monoisotopic (exact) mass is 363 g/mol. The summed E-state index contributed by atoms with van der Waals surface area (Å²) in [4.78, 5) is 39.0. The first kappa shape index (κ1) is 17.5. The van der Waals surface area contributed by atoms with Crippen LogP contribution in [0.15, 0.2) is 54.6 Å². The van der Waals surface area contributed by atoms with Crippen molar-refractivity contribution in [3.8, 4) is 5.75 Å². The van der Waals surface area contributed by atoms with Crippen LogP contribution >= 0.6 is 0 Å². The minimum atomic E-state index is -0.477. The Balaban J connectivity index is 1.51. The van der Waals surface area contributed by atoms with Gasteiger partial charge in [0.1, 0.15) is 5.75 Å². The summed E-state index contributed by atoms with van der Waals surface area (Å²) in [7, 11) is 0. The van der Waals surface area contributed by atoms with Gasteiger partial charge in [-0.1, -0.05) is 25.1 Å². The van der Waals surface area contributed by atoms with E-state index in [4.69, 9.17) is 4.74 Å². The largest absolute Gasteiger partial charge is 0.423 e. The molecule has 2 aliphatic rings. The molecule has 1 aliphatic carbocycles. The number of carbonyl (C=O) groups is 3. The van der Waals surface area contributed by atoms with Gasteiger partial charge in [-0.25, -0.2) is 4.79 Å². The maximum Gasteiger partial charge on any atom is 0.343 e. The molecule has 5 nitrogen and oxygen atoms in total. The molecular weight excluding hydrogens is 342 g/mol. The van der Waals surface area contributed by atoms with Crippen LogP contribution in [0.2, 0.25) is 0 Å². The molecule has 2 aromatic carbocycles. The summed E-state index contributed by atoms with van der Waals surface area (Å²) in [6.45, 7) is 2.13. The summed E-state index contributed by atoms with van der Waals surface area (Å²) in [5, 5.41) is 0. The van der Waals surface area contributed by atoms with Crippen molar-refractivity contribution in [2.75, 3.05) is 4.90 Å². The Hall–Kier alpha value is -2.95. The number of para-hydroxylation sites is 1. The number of hydrogen-bond acceptors (Lipinski definition) is 4. The van der Waals surface area contributed by atoms with E-state index >= 15 is 0 Å². The lowest BCUT2D eigenvalue weighted by Crippen LogP contribution is -2.30. The molecule has 3 atom stereocenters. The molecule has 0 N–H and O–H groups in total. The van der Waals surface area contributed by atoms with Gasteiger partial charge in [-0.05, 0) is 61.6 Å². The standard InChI is InChI=1S/C22H21NO4/c1-14-7-12-18-19(13-14)21(25)23(20(18)24)16-10-8-15(9-11-16)22(26)27-17-5-3-2-4-6-17/h2-6,8-11,14,18-19H,7,12-13H2,1H3/t14-,18-,19+/m1/s1. The molecule has 2 aromatic rings. The van der Waals surface area contributed by atoms with Crippen molar-refractivity contribution in [3.63, 3.8) is 0 Å². The Labute approximate surface area is 157 Å². The molecule has 2 fully saturated rings. The van der Waals surface area contributed by atoms with Gasteiger partial charge in [0.2, 0.25) is 11.8 Å². The van der Waals surface area contributed by atoms with Crippen LogP contribution in [0.25, 0.3) is 0 Å². The van der Waals surface area contributed by atoms with Crippen molar-refractivity contribution in [1.82, 2.24) is 0 Å². The Morgan fingerprint density at radius 3 is 2.30 bits per heavy atom. The van der Waals surface area contributed by atoms with E-state index in [0.29, 0.717) is 22.9 Å². The van der Waals surface area contributed by atoms with Crippen molar-refractivity contribution in [1.29, 1.82) is 0 Å². The molecular formula is C22H21NO4. The second-order valence-electron chi connectivity index (χ2n) is 7.39. The molecule has 2 amide bonds. The van der Waals surface area contributed by atoms with Gasteiger partial charge < -0.3 is 4.74 Å². The predicted molar refractivity (Wildman–Crippen MR) is 100 cm³/mol. The molecule has 0 spiro atoms. The molecule has 1 heterocycles. The zero-order valence-electron chi connectivity index (χ0n) is 15.1. The first-order valence-corrected chi connectivity index (χ1v) is 9.29. The van der Waals surface area contributed by atoms with Crippen LogP contribution in [0.4, 0.5) is 5.69 Å². The number of amides is 2. The minimum Gasteiger partial charge on any atom is -0.423 e. The Morgan fingerprint density at radius 2 is 1.59 bits per heavy atom. The fraction of sp³-hybridized carbons (Fsp3) is 0.318. The second kappa shape index (κ2) is 6.99. The lowest BCUT2D eigenvalue weighted by Gasteiger charge is -2.25. The molecule has 27 heavy (non-hydrogen) atoms. The van der Waals surface area contributed by atoms with E-state index < -0.39 is 5.97 Å². The molecule has 1 saturated heterocycles. The number of esters is 1. The molecule has 0 radical (unpaired) electrons. The highest BCUT2D eigenvalue weighted by Crippen LogP contribution is 2.42. The van der Waals surface area contributed by atoms with Crippen molar-refractivity contribution < 1.29 is 19.1 Å². The van der Waals surface area contributed by atoms with Gasteiger partial charge in [-0.2, -0.15) is 0 Å². The summed E-state index contributed by atoms with van der Waals surface area (Å²) in [5.74, 6) is -0.171. The number of hydrogen-bond donors (Lipinski definition) is 0. The van der Waals surface area contributed by atoms with Gasteiger partial charge in [0.15, 0.2) is 0 Å². The van der Waals surface area contributed by atoms with E-state index in [0.717, 1.165) is 19.3 Å². The van der Waals surface area contributed by atoms with E-state index in [1.165, 1.54) is 4.90 Å². The van der Waals surface area contributed by atoms with Crippen molar-refractivity contribution in [2.45, 2.75) is 26.2 Å². The lowest BCUT2D eigenvalue weighted by atomic mass is 9.76. The van der Waals surface area contributed by atoms with Gasteiger partial charge in [0.05, 0.1) is 23.1 Å². The third-order valence-corrected chi connectivity index (χ3v) is 5.50. The van der Waals surface area contributed by atoms with Gasteiger partial charge in [-0.3, -0.25) is 14.5 Å². The molecule has 0 unspecified atom stereocenters. The smallest absolute Gasteiger partial charge is 0.343 e. The number of ether oxygens (including phenoxy) is 1. The molecule has 1 saturated carbocycles. The van der Waals surface area contributed by atoms with E-state index in [-0.39, 0.29) is 23.7 Å². The molecule has 5 heteroatoms. The average Bonchev–Trinajstić information content (AvgIpc) is 2.92. The Morgan fingerprint density at radius 1 is 0.926 bits per heavy atom. The highest BCUT2D eigenvalue weighted by molar-refractivity contribution is 6.22. The summed E-state index contributed by atoms with van der Waals surface area (Å²) in [5.41, 5.74) is 0.885. The van der Waals surface area contributed by atoms with Crippen LogP contribution in [0.1, 0.15) is 36.5 Å². The van der Waals surface area contributed by atoms with E-state index in [1.54, 1.807) is 48.5 Å². The first-order chi connectivity index (χ1) is 13.0. The van der Waals surface area contributed by atoms with Gasteiger partial charge in [-0.15, -0.1) is 0 Å². The number of nitrogens with zero attached hydrogens (tertiary/aromatic N) is 1. The maximum absolute atomic E-state index is 12.8. The fourth-order valence-corrected chi connectivity index (χ4v) is 4.05. The molecule has 0 aromatic heterocycles. The van der Waals surface area contributed by atoms with Gasteiger partial charge in [0.25, 0.3) is 0 Å². The van der Waals surface area contributed by atoms with Crippen LogP contribution < -0.4 is 9.64 Å². The van der Waals surface area contributed by atoms with Crippen molar-refractivity contribution in [2.24, 2.45) is 17.8 Å². The quantitative estimate of drug-likeness (QED) is 0.472. The SMILES string of the molecule is C[C@@H]1CC[C@H]2C(=O)N(c3ccc(C(=O)Oc4ccccc4)cc3)C(=O)[C@H]2C1. The normalized spacial score (nSPS) is 24.6. The third kappa shape index (κ3) is 3.25. The van der Waals surface area contributed by atoms with E-state index in [9.17, 15) is 14.4 Å². The fourth-order valence-electron chi connectivity index (χ4n) is 4.05. The Bertz CT molecular complexity index is 875. The predicted octanol–water partition coefficient (Wildman–Crippen LogP) is 3.83. The molecule has 138 valence electrons. The van der Waals surface area contributed by atoms with Crippen LogP contribution in [0, 0.1) is 17.8 Å². The highest BCUT2D eigenvalue weighted by Gasteiger charge is 2.49. The number of carbonyl (C=O) groups excluding carboxylic acids is 3. The number of benzene rings is 2. The third-order valence-electron chi connectivity index (χ3n) is 5.50. The summed E-state index contributed by atoms with van der Waals surface area (Å²) >= 11 is 0. The average molecular weight is 363 g/mol. The number of rotatable bonds is 3. The summed E-state index contributed by atoms with van der Waals surface area (Å²) < 4.78 is 5.31. The highest BCUT2D eigenvalue weighted by atomic mass is 16.5. The van der Waals surface area contributed by atoms with Crippen LogP contribution in [-0.2, 0) is 9.59 Å². The zero-order valence-corrected chi connectivity index (χ0v) is 15.1. The van der Waals surface area contributed by atoms with E-state index in [2.05, 4.69) is 6.92 Å². The Kier molecular flexibility index (Phi) is 4.52. The van der Waals surface area contributed by atoms with Crippen molar-refractivity contribution in [3.05, 3.63) is 60.2 Å². The van der Waals surface area contributed by atoms with Gasteiger partial charge >= 0.3 is 5.97 Å². The molecule has 4 rings (SSSR count). The van der Waals surface area contributed by atoms with Crippen LogP contribution in [-0.4, -0.2) is 17.8 Å². The van der Waals surface area contributed by atoms with Crippen LogP contribution in [0.5, 0.6) is 5.75 Å². The van der Waals surface area contributed by atoms with Crippen LogP contribution in [0.3, 0.4) is 0 Å².